The second-order valence-electron chi connectivity index (χ2n) is 7.46. The van der Waals surface area contributed by atoms with Crippen LogP contribution in [0.4, 0.5) is 5.69 Å². The van der Waals surface area contributed by atoms with Crippen molar-refractivity contribution >= 4 is 27.5 Å². The van der Waals surface area contributed by atoms with Crippen LogP contribution in [0.2, 0.25) is 0 Å². The first-order chi connectivity index (χ1) is 12.3. The Morgan fingerprint density at radius 2 is 1.52 bits per heavy atom. The third kappa shape index (κ3) is 7.66. The quantitative estimate of drug-likeness (QED) is 0.684. The minimum absolute atomic E-state index is 0.0613. The number of carbonyl (C=O) groups excluding carboxylic acids is 2. The van der Waals surface area contributed by atoms with Crippen LogP contribution < -0.4 is 10.6 Å². The maximum atomic E-state index is 12.2. The average molecular weight is 399 g/mol. The molecule has 0 aliphatic carbocycles. The van der Waals surface area contributed by atoms with Gasteiger partial charge in [-0.05, 0) is 51.6 Å². The molecular weight excluding hydrogens is 368 g/mol. The standard InChI is InChI=1S/C18H30N4O4S/c1-7-22(13-17(24)20-18(2,3)4)12-16(23)19-14-8-10-15(11-9-14)27(25,26)21(5)6/h8-11H,7,12-13H2,1-6H3,(H,19,23)(H,20,24). The molecule has 0 atom stereocenters. The Balaban J connectivity index is 2.66. The Kier molecular flexibility index (Phi) is 7.94. The number of anilines is 1. The van der Waals surface area contributed by atoms with Crippen LogP contribution in [0.1, 0.15) is 27.7 Å². The number of amides is 2. The highest BCUT2D eigenvalue weighted by atomic mass is 32.2. The molecule has 0 radical (unpaired) electrons. The van der Waals surface area contributed by atoms with Crippen molar-refractivity contribution in [3.05, 3.63) is 24.3 Å². The largest absolute Gasteiger partial charge is 0.350 e. The molecule has 9 heteroatoms. The van der Waals surface area contributed by atoms with Crippen molar-refractivity contribution in [1.82, 2.24) is 14.5 Å². The van der Waals surface area contributed by atoms with Crippen molar-refractivity contribution in [3.8, 4) is 0 Å². The summed E-state index contributed by atoms with van der Waals surface area (Å²) in [5.74, 6) is -0.418. The molecule has 2 N–H and O–H groups in total. The molecule has 0 aliphatic rings. The molecule has 0 unspecified atom stereocenters. The lowest BCUT2D eigenvalue weighted by atomic mass is 10.1. The first-order valence-corrected chi connectivity index (χ1v) is 10.1. The number of sulfonamides is 1. The number of benzene rings is 1. The van der Waals surface area contributed by atoms with E-state index in [-0.39, 0.29) is 35.3 Å². The van der Waals surface area contributed by atoms with E-state index in [4.69, 9.17) is 0 Å². The first kappa shape index (κ1) is 23.1. The van der Waals surface area contributed by atoms with Crippen LogP contribution in [0, 0.1) is 0 Å². The van der Waals surface area contributed by atoms with Crippen LogP contribution in [-0.4, -0.2) is 68.7 Å². The van der Waals surface area contributed by atoms with E-state index in [9.17, 15) is 18.0 Å². The number of hydrogen-bond donors (Lipinski definition) is 2. The van der Waals surface area contributed by atoms with E-state index in [0.717, 1.165) is 4.31 Å². The molecule has 0 fully saturated rings. The Labute approximate surface area is 162 Å². The van der Waals surface area contributed by atoms with E-state index in [1.165, 1.54) is 38.4 Å². The fourth-order valence-electron chi connectivity index (χ4n) is 2.27. The molecule has 0 saturated heterocycles. The predicted octanol–water partition coefficient (Wildman–Crippen LogP) is 1.11. The molecule has 0 spiro atoms. The van der Waals surface area contributed by atoms with E-state index in [2.05, 4.69) is 10.6 Å². The van der Waals surface area contributed by atoms with Crippen molar-refractivity contribution in [2.24, 2.45) is 0 Å². The molecule has 0 heterocycles. The third-order valence-corrected chi connectivity index (χ3v) is 5.44. The van der Waals surface area contributed by atoms with Gasteiger partial charge in [0.1, 0.15) is 0 Å². The summed E-state index contributed by atoms with van der Waals surface area (Å²) in [6.45, 7) is 8.30. The zero-order chi connectivity index (χ0) is 20.8. The van der Waals surface area contributed by atoms with Crippen LogP contribution in [0.5, 0.6) is 0 Å². The lowest BCUT2D eigenvalue weighted by molar-refractivity contribution is -0.124. The summed E-state index contributed by atoms with van der Waals surface area (Å²) in [5.41, 5.74) is 0.167. The minimum Gasteiger partial charge on any atom is -0.350 e. The van der Waals surface area contributed by atoms with E-state index < -0.39 is 10.0 Å². The molecule has 0 saturated carbocycles. The molecule has 152 valence electrons. The smallest absolute Gasteiger partial charge is 0.242 e. The fourth-order valence-corrected chi connectivity index (χ4v) is 3.17. The molecule has 27 heavy (non-hydrogen) atoms. The molecule has 0 bridgehead atoms. The zero-order valence-electron chi connectivity index (χ0n) is 16.9. The normalized spacial score (nSPS) is 12.3. The van der Waals surface area contributed by atoms with Gasteiger partial charge < -0.3 is 10.6 Å². The van der Waals surface area contributed by atoms with Gasteiger partial charge in [-0.1, -0.05) is 6.92 Å². The van der Waals surface area contributed by atoms with Crippen molar-refractivity contribution < 1.29 is 18.0 Å². The minimum atomic E-state index is -3.51. The number of hydrogen-bond acceptors (Lipinski definition) is 5. The Morgan fingerprint density at radius 3 is 1.96 bits per heavy atom. The zero-order valence-corrected chi connectivity index (χ0v) is 17.7. The van der Waals surface area contributed by atoms with Crippen molar-refractivity contribution in [3.63, 3.8) is 0 Å². The molecular formula is C18H30N4O4S. The van der Waals surface area contributed by atoms with Crippen LogP contribution in [0.3, 0.4) is 0 Å². The summed E-state index contributed by atoms with van der Waals surface area (Å²) in [4.78, 5) is 26.1. The van der Waals surface area contributed by atoms with Gasteiger partial charge in [0.15, 0.2) is 0 Å². The van der Waals surface area contributed by atoms with E-state index >= 15 is 0 Å². The molecule has 8 nitrogen and oxygen atoms in total. The lowest BCUT2D eigenvalue weighted by Crippen LogP contribution is -2.47. The monoisotopic (exact) mass is 398 g/mol. The summed E-state index contributed by atoms with van der Waals surface area (Å²) in [7, 11) is -0.589. The Bertz CT molecular complexity index is 753. The van der Waals surface area contributed by atoms with Crippen molar-refractivity contribution in [1.29, 1.82) is 0 Å². The highest BCUT2D eigenvalue weighted by molar-refractivity contribution is 7.89. The average Bonchev–Trinajstić information content (AvgIpc) is 2.52. The SMILES string of the molecule is CCN(CC(=O)Nc1ccc(S(=O)(=O)N(C)C)cc1)CC(=O)NC(C)(C)C. The van der Waals surface area contributed by atoms with E-state index in [1.807, 2.05) is 27.7 Å². The second-order valence-corrected chi connectivity index (χ2v) is 9.61. The lowest BCUT2D eigenvalue weighted by Gasteiger charge is -2.24. The molecule has 1 rings (SSSR count). The van der Waals surface area contributed by atoms with Crippen LogP contribution in [0.15, 0.2) is 29.2 Å². The molecule has 2 amide bonds. The second kappa shape index (κ2) is 9.29. The predicted molar refractivity (Wildman–Crippen MR) is 106 cm³/mol. The van der Waals surface area contributed by atoms with Gasteiger partial charge in [-0.3, -0.25) is 14.5 Å². The van der Waals surface area contributed by atoms with Gasteiger partial charge in [0.05, 0.1) is 18.0 Å². The van der Waals surface area contributed by atoms with Crippen LogP contribution in [-0.2, 0) is 19.6 Å². The Hall–Kier alpha value is -1.97. The van der Waals surface area contributed by atoms with Crippen molar-refractivity contribution in [2.45, 2.75) is 38.1 Å². The summed E-state index contributed by atoms with van der Waals surface area (Å²) in [6.07, 6.45) is 0. The number of likely N-dealkylation sites (N-methyl/N-ethyl adjacent to an activating group) is 1. The third-order valence-electron chi connectivity index (χ3n) is 3.61. The van der Waals surface area contributed by atoms with Gasteiger partial charge in [-0.2, -0.15) is 0 Å². The van der Waals surface area contributed by atoms with Crippen molar-refractivity contribution in [2.75, 3.05) is 39.0 Å². The maximum Gasteiger partial charge on any atom is 0.242 e. The molecule has 0 aliphatic heterocycles. The molecule has 0 aromatic heterocycles. The summed E-state index contributed by atoms with van der Waals surface area (Å²) in [5, 5.41) is 5.58. The van der Waals surface area contributed by atoms with Crippen LogP contribution in [0.25, 0.3) is 0 Å². The number of nitrogens with zero attached hydrogens (tertiary/aromatic N) is 2. The van der Waals surface area contributed by atoms with Gasteiger partial charge >= 0.3 is 0 Å². The summed E-state index contributed by atoms with van der Waals surface area (Å²) >= 11 is 0. The van der Waals surface area contributed by atoms with Gasteiger partial charge in [0, 0.05) is 25.3 Å². The number of rotatable bonds is 8. The number of carbonyl (C=O) groups is 2. The van der Waals surface area contributed by atoms with Gasteiger partial charge in [0.25, 0.3) is 0 Å². The highest BCUT2D eigenvalue weighted by Gasteiger charge is 2.19. The van der Waals surface area contributed by atoms with E-state index in [1.54, 1.807) is 4.90 Å². The molecule has 1 aromatic rings. The molecule has 1 aromatic carbocycles. The summed E-state index contributed by atoms with van der Waals surface area (Å²) < 4.78 is 25.2. The Morgan fingerprint density at radius 1 is 1.00 bits per heavy atom. The van der Waals surface area contributed by atoms with Gasteiger partial charge in [-0.25, -0.2) is 12.7 Å². The van der Waals surface area contributed by atoms with Gasteiger partial charge in [0.2, 0.25) is 21.8 Å². The van der Waals surface area contributed by atoms with Gasteiger partial charge in [-0.15, -0.1) is 0 Å². The first-order valence-electron chi connectivity index (χ1n) is 8.71. The summed E-state index contributed by atoms with van der Waals surface area (Å²) in [6, 6.07) is 5.96. The highest BCUT2D eigenvalue weighted by Crippen LogP contribution is 2.16. The van der Waals surface area contributed by atoms with E-state index in [0.29, 0.717) is 12.2 Å². The fraction of sp³-hybridized carbons (Fsp3) is 0.556. The van der Waals surface area contributed by atoms with Crippen LogP contribution >= 0.6 is 0 Å². The maximum absolute atomic E-state index is 12.2. The number of nitrogens with one attached hydrogen (secondary N) is 2. The topological polar surface area (TPSA) is 98.8 Å².